The zero-order valence-corrected chi connectivity index (χ0v) is 21.0. The SMILES string of the molecule is CC(C)COc1ccc(C(=O)NC(=S)Nc2sc3c(c2C#N)CCC(C(C)(C)C)C3)cc1. The maximum atomic E-state index is 12.6. The van der Waals surface area contributed by atoms with E-state index in [0.29, 0.717) is 29.6 Å². The molecule has 0 radical (unpaired) electrons. The first-order valence-corrected chi connectivity index (χ1v) is 12.2. The number of hydrogen-bond donors (Lipinski definition) is 2. The maximum absolute atomic E-state index is 12.6. The Morgan fingerprint density at radius 1 is 1.31 bits per heavy atom. The Labute approximate surface area is 200 Å². The number of hydrogen-bond acceptors (Lipinski definition) is 5. The van der Waals surface area contributed by atoms with Crippen molar-refractivity contribution in [3.8, 4) is 11.8 Å². The minimum atomic E-state index is -0.300. The molecule has 0 saturated heterocycles. The zero-order chi connectivity index (χ0) is 23.5. The summed E-state index contributed by atoms with van der Waals surface area (Å²) in [7, 11) is 0. The quantitative estimate of drug-likeness (QED) is 0.531. The second-order valence-corrected chi connectivity index (χ2v) is 11.3. The van der Waals surface area contributed by atoms with Crippen molar-refractivity contribution in [1.29, 1.82) is 5.26 Å². The summed E-state index contributed by atoms with van der Waals surface area (Å²) >= 11 is 6.95. The average Bonchev–Trinajstić information content (AvgIpc) is 3.07. The molecule has 1 aromatic heterocycles. The summed E-state index contributed by atoms with van der Waals surface area (Å²) in [5.74, 6) is 1.45. The molecule has 7 heteroatoms. The summed E-state index contributed by atoms with van der Waals surface area (Å²) in [5.41, 5.74) is 2.51. The molecule has 0 spiro atoms. The van der Waals surface area contributed by atoms with Gasteiger partial charge in [-0.25, -0.2) is 0 Å². The largest absolute Gasteiger partial charge is 0.493 e. The van der Waals surface area contributed by atoms with E-state index in [2.05, 4.69) is 51.3 Å². The van der Waals surface area contributed by atoms with Gasteiger partial charge in [0.2, 0.25) is 0 Å². The number of carbonyl (C=O) groups excluding carboxylic acids is 1. The van der Waals surface area contributed by atoms with Gasteiger partial charge in [0.15, 0.2) is 5.11 Å². The van der Waals surface area contributed by atoms with Crippen LogP contribution in [0.2, 0.25) is 0 Å². The fourth-order valence-corrected chi connectivity index (χ4v) is 5.35. The molecule has 0 saturated carbocycles. The van der Waals surface area contributed by atoms with Crippen LogP contribution >= 0.6 is 23.6 Å². The molecule has 0 bridgehead atoms. The van der Waals surface area contributed by atoms with Crippen molar-refractivity contribution in [1.82, 2.24) is 5.32 Å². The molecule has 1 atom stereocenters. The number of thiophene rings is 1. The number of amides is 1. The monoisotopic (exact) mass is 469 g/mol. The molecule has 0 fully saturated rings. The van der Waals surface area contributed by atoms with Crippen LogP contribution in [0.4, 0.5) is 5.00 Å². The van der Waals surface area contributed by atoms with Crippen LogP contribution in [0.5, 0.6) is 5.75 Å². The molecule has 2 aromatic rings. The standard InChI is InChI=1S/C25H31N3O2S2/c1-15(2)14-30-18-9-6-16(7-10-18)22(29)27-24(31)28-23-20(13-26)19-11-8-17(25(3,4)5)12-21(19)32-23/h6-7,9-10,15,17H,8,11-12,14H2,1-5H3,(H2,27,28,29,31). The van der Waals surface area contributed by atoms with Gasteiger partial charge in [-0.3, -0.25) is 10.1 Å². The molecule has 0 aliphatic heterocycles. The zero-order valence-electron chi connectivity index (χ0n) is 19.4. The third-order valence-electron chi connectivity index (χ3n) is 5.76. The molecule has 170 valence electrons. The van der Waals surface area contributed by atoms with Crippen molar-refractivity contribution in [3.63, 3.8) is 0 Å². The lowest BCUT2D eigenvalue weighted by atomic mass is 9.72. The van der Waals surface area contributed by atoms with E-state index in [1.165, 1.54) is 4.88 Å². The van der Waals surface area contributed by atoms with E-state index >= 15 is 0 Å². The Balaban J connectivity index is 1.64. The van der Waals surface area contributed by atoms with Crippen molar-refractivity contribution >= 4 is 39.6 Å². The molecule has 1 unspecified atom stereocenters. The highest BCUT2D eigenvalue weighted by atomic mass is 32.1. The van der Waals surface area contributed by atoms with Gasteiger partial charge in [0, 0.05) is 10.4 Å². The third-order valence-corrected chi connectivity index (χ3v) is 7.13. The smallest absolute Gasteiger partial charge is 0.257 e. The fourth-order valence-electron chi connectivity index (χ4n) is 3.81. The van der Waals surface area contributed by atoms with Gasteiger partial charge in [-0.2, -0.15) is 5.26 Å². The first kappa shape index (κ1) is 24.2. The van der Waals surface area contributed by atoms with Gasteiger partial charge in [-0.1, -0.05) is 34.6 Å². The van der Waals surface area contributed by atoms with Crippen LogP contribution in [0, 0.1) is 28.6 Å². The van der Waals surface area contributed by atoms with E-state index in [4.69, 9.17) is 17.0 Å². The Morgan fingerprint density at radius 3 is 2.59 bits per heavy atom. The number of nitrogens with zero attached hydrogens (tertiary/aromatic N) is 1. The topological polar surface area (TPSA) is 74.2 Å². The first-order chi connectivity index (χ1) is 15.1. The van der Waals surface area contributed by atoms with Gasteiger partial charge in [0.05, 0.1) is 12.2 Å². The van der Waals surface area contributed by atoms with Crippen LogP contribution in [0.3, 0.4) is 0 Å². The van der Waals surface area contributed by atoms with E-state index in [1.54, 1.807) is 35.6 Å². The number of rotatable bonds is 5. The Kier molecular flexibility index (Phi) is 7.58. The van der Waals surface area contributed by atoms with Crippen LogP contribution in [0.15, 0.2) is 24.3 Å². The molecule has 3 rings (SSSR count). The van der Waals surface area contributed by atoms with Crippen molar-refractivity contribution in [2.24, 2.45) is 17.3 Å². The van der Waals surface area contributed by atoms with E-state index < -0.39 is 0 Å². The van der Waals surface area contributed by atoms with Crippen LogP contribution in [0.25, 0.3) is 0 Å². The summed E-state index contributed by atoms with van der Waals surface area (Å²) in [6, 6.07) is 9.32. The van der Waals surface area contributed by atoms with Crippen LogP contribution in [-0.4, -0.2) is 17.6 Å². The highest BCUT2D eigenvalue weighted by Gasteiger charge is 2.32. The number of nitrogens with one attached hydrogen (secondary N) is 2. The van der Waals surface area contributed by atoms with E-state index in [9.17, 15) is 10.1 Å². The third kappa shape index (κ3) is 5.87. The van der Waals surface area contributed by atoms with Crippen LogP contribution in [0.1, 0.15) is 67.4 Å². The van der Waals surface area contributed by atoms with Gasteiger partial charge in [0.25, 0.3) is 5.91 Å². The van der Waals surface area contributed by atoms with Gasteiger partial charge in [-0.05, 0) is 78.6 Å². The number of carbonyl (C=O) groups is 1. The van der Waals surface area contributed by atoms with Gasteiger partial charge in [0.1, 0.15) is 16.8 Å². The highest BCUT2D eigenvalue weighted by molar-refractivity contribution is 7.80. The van der Waals surface area contributed by atoms with Gasteiger partial charge >= 0.3 is 0 Å². The number of fused-ring (bicyclic) bond motifs is 1. The molecule has 1 aliphatic carbocycles. The molecular formula is C25H31N3O2S2. The predicted molar refractivity (Wildman–Crippen MR) is 134 cm³/mol. The van der Waals surface area contributed by atoms with E-state index in [-0.39, 0.29) is 16.4 Å². The number of anilines is 1. The molecular weight excluding hydrogens is 438 g/mol. The number of thiocarbonyl (C=S) groups is 1. The second kappa shape index (κ2) is 10.0. The summed E-state index contributed by atoms with van der Waals surface area (Å²) in [6.45, 7) is 11.6. The molecule has 1 aliphatic rings. The predicted octanol–water partition coefficient (Wildman–Crippen LogP) is 5.93. The summed E-state index contributed by atoms with van der Waals surface area (Å²) in [5, 5.41) is 16.5. The summed E-state index contributed by atoms with van der Waals surface area (Å²) in [6.07, 6.45) is 2.96. The van der Waals surface area contributed by atoms with Crippen molar-refractivity contribution < 1.29 is 9.53 Å². The molecule has 2 N–H and O–H groups in total. The normalized spacial score (nSPS) is 15.6. The fraction of sp³-hybridized carbons (Fsp3) is 0.480. The second-order valence-electron chi connectivity index (χ2n) is 9.76. The lowest BCUT2D eigenvalue weighted by Gasteiger charge is -2.33. The molecule has 1 aromatic carbocycles. The van der Waals surface area contributed by atoms with Crippen molar-refractivity contribution in [2.45, 2.75) is 53.9 Å². The Morgan fingerprint density at radius 2 is 2.00 bits per heavy atom. The van der Waals surface area contributed by atoms with Crippen LogP contribution < -0.4 is 15.4 Å². The molecule has 1 amide bonds. The minimum absolute atomic E-state index is 0.192. The van der Waals surface area contributed by atoms with E-state index in [1.807, 2.05) is 0 Å². The Bertz CT molecular complexity index is 1030. The molecule has 5 nitrogen and oxygen atoms in total. The van der Waals surface area contributed by atoms with E-state index in [0.717, 1.165) is 35.6 Å². The number of nitriles is 1. The average molecular weight is 470 g/mol. The van der Waals surface area contributed by atoms with Crippen molar-refractivity contribution in [3.05, 3.63) is 45.8 Å². The van der Waals surface area contributed by atoms with Gasteiger partial charge < -0.3 is 10.1 Å². The number of benzene rings is 1. The summed E-state index contributed by atoms with van der Waals surface area (Å²) in [4.78, 5) is 13.8. The molecule has 1 heterocycles. The lowest BCUT2D eigenvalue weighted by molar-refractivity contribution is 0.0977. The lowest BCUT2D eigenvalue weighted by Crippen LogP contribution is -2.34. The van der Waals surface area contributed by atoms with Gasteiger partial charge in [-0.15, -0.1) is 11.3 Å². The first-order valence-electron chi connectivity index (χ1n) is 11.0. The molecule has 32 heavy (non-hydrogen) atoms. The maximum Gasteiger partial charge on any atom is 0.257 e. The number of ether oxygens (including phenoxy) is 1. The van der Waals surface area contributed by atoms with Crippen molar-refractivity contribution in [2.75, 3.05) is 11.9 Å². The minimum Gasteiger partial charge on any atom is -0.493 e. The highest BCUT2D eigenvalue weighted by Crippen LogP contribution is 2.43. The summed E-state index contributed by atoms with van der Waals surface area (Å²) < 4.78 is 5.66. The Hall–Kier alpha value is -2.43. The van der Waals surface area contributed by atoms with Crippen LogP contribution in [-0.2, 0) is 12.8 Å².